The number of fused-ring (bicyclic) bond motifs is 1. The van der Waals surface area contributed by atoms with Gasteiger partial charge in [-0.15, -0.1) is 11.3 Å². The molecule has 0 aliphatic carbocycles. The molecule has 106 valence electrons. The zero-order valence-corrected chi connectivity index (χ0v) is 12.9. The highest BCUT2D eigenvalue weighted by Gasteiger charge is 2.27. The number of aliphatic hydroxyl groups is 1. The van der Waals surface area contributed by atoms with Gasteiger partial charge in [-0.2, -0.15) is 0 Å². The Morgan fingerprint density at radius 1 is 1.35 bits per heavy atom. The Morgan fingerprint density at radius 2 is 2.15 bits per heavy atom. The highest BCUT2D eigenvalue weighted by atomic mass is 32.1. The predicted octanol–water partition coefficient (Wildman–Crippen LogP) is 4.32. The molecule has 2 atom stereocenters. The van der Waals surface area contributed by atoms with Gasteiger partial charge in [0.25, 0.3) is 0 Å². The van der Waals surface area contributed by atoms with Gasteiger partial charge in [-0.25, -0.2) is 0 Å². The SMILES string of the molecule is CCC(O)c1ccccc1N1CCc2sccc2C1C. The monoisotopic (exact) mass is 287 g/mol. The summed E-state index contributed by atoms with van der Waals surface area (Å²) in [4.78, 5) is 3.95. The molecule has 0 fully saturated rings. The second-order valence-electron chi connectivity index (χ2n) is 5.40. The van der Waals surface area contributed by atoms with E-state index < -0.39 is 0 Å². The smallest absolute Gasteiger partial charge is 0.0807 e. The Labute approximate surface area is 124 Å². The van der Waals surface area contributed by atoms with Crippen molar-refractivity contribution in [2.24, 2.45) is 0 Å². The molecule has 2 aromatic rings. The summed E-state index contributed by atoms with van der Waals surface area (Å²) in [6.45, 7) is 5.32. The lowest BCUT2D eigenvalue weighted by Gasteiger charge is -2.37. The van der Waals surface area contributed by atoms with E-state index in [1.165, 1.54) is 16.1 Å². The first kappa shape index (κ1) is 13.7. The molecule has 0 radical (unpaired) electrons. The van der Waals surface area contributed by atoms with Gasteiger partial charge in [0, 0.05) is 22.7 Å². The number of thiophene rings is 1. The molecule has 1 aromatic heterocycles. The molecular formula is C17H21NOS. The maximum atomic E-state index is 10.3. The third kappa shape index (κ3) is 2.25. The lowest BCUT2D eigenvalue weighted by Crippen LogP contribution is -2.34. The first-order chi connectivity index (χ1) is 9.72. The number of nitrogens with zero attached hydrogens (tertiary/aromatic N) is 1. The maximum Gasteiger partial charge on any atom is 0.0807 e. The number of aliphatic hydroxyl groups excluding tert-OH is 1. The van der Waals surface area contributed by atoms with Gasteiger partial charge >= 0.3 is 0 Å². The van der Waals surface area contributed by atoms with Gasteiger partial charge in [0.05, 0.1) is 12.1 Å². The van der Waals surface area contributed by atoms with E-state index in [1.54, 1.807) is 0 Å². The Kier molecular flexibility index (Phi) is 3.81. The topological polar surface area (TPSA) is 23.5 Å². The summed E-state index contributed by atoms with van der Waals surface area (Å²) in [5.41, 5.74) is 3.69. The highest BCUT2D eigenvalue weighted by Crippen LogP contribution is 2.38. The molecule has 2 nitrogen and oxygen atoms in total. The van der Waals surface area contributed by atoms with Crippen LogP contribution in [0, 0.1) is 0 Å². The van der Waals surface area contributed by atoms with Gasteiger partial charge in [-0.1, -0.05) is 25.1 Å². The van der Waals surface area contributed by atoms with Crippen LogP contribution in [0.5, 0.6) is 0 Å². The Morgan fingerprint density at radius 3 is 2.95 bits per heavy atom. The summed E-state index contributed by atoms with van der Waals surface area (Å²) in [6.07, 6.45) is 1.49. The molecular weight excluding hydrogens is 266 g/mol. The molecule has 1 N–H and O–H groups in total. The summed E-state index contributed by atoms with van der Waals surface area (Å²) >= 11 is 1.87. The third-order valence-electron chi connectivity index (χ3n) is 4.27. The van der Waals surface area contributed by atoms with E-state index in [9.17, 15) is 5.11 Å². The van der Waals surface area contributed by atoms with Gasteiger partial charge in [-0.3, -0.25) is 0 Å². The summed E-state index contributed by atoms with van der Waals surface area (Å²) in [5, 5.41) is 12.4. The van der Waals surface area contributed by atoms with E-state index in [4.69, 9.17) is 0 Å². The van der Waals surface area contributed by atoms with Crippen molar-refractivity contribution in [3.05, 3.63) is 51.7 Å². The number of anilines is 1. The number of hydrogen-bond acceptors (Lipinski definition) is 3. The Bertz CT molecular complexity index is 592. The average Bonchev–Trinajstić information content (AvgIpc) is 2.96. The summed E-state index contributed by atoms with van der Waals surface area (Å²) in [6, 6.07) is 10.9. The highest BCUT2D eigenvalue weighted by molar-refractivity contribution is 7.10. The van der Waals surface area contributed by atoms with E-state index in [2.05, 4.69) is 41.5 Å². The van der Waals surface area contributed by atoms with Crippen LogP contribution < -0.4 is 4.90 Å². The normalized spacial score (nSPS) is 19.8. The Hall–Kier alpha value is -1.32. The Balaban J connectivity index is 1.98. The van der Waals surface area contributed by atoms with Crippen LogP contribution in [0.15, 0.2) is 35.7 Å². The molecule has 1 aliphatic rings. The van der Waals surface area contributed by atoms with Gasteiger partial charge in [-0.05, 0) is 42.8 Å². The van der Waals surface area contributed by atoms with Gasteiger partial charge < -0.3 is 10.0 Å². The molecule has 3 heteroatoms. The maximum absolute atomic E-state index is 10.3. The molecule has 3 rings (SSSR count). The first-order valence-corrected chi connectivity index (χ1v) is 8.20. The molecule has 0 bridgehead atoms. The molecule has 0 spiro atoms. The zero-order chi connectivity index (χ0) is 14.1. The number of para-hydroxylation sites is 1. The van der Waals surface area contributed by atoms with Crippen LogP contribution in [-0.4, -0.2) is 11.7 Å². The molecule has 0 amide bonds. The van der Waals surface area contributed by atoms with Crippen molar-refractivity contribution in [2.75, 3.05) is 11.4 Å². The fourth-order valence-electron chi connectivity index (χ4n) is 3.09. The molecule has 2 unspecified atom stereocenters. The molecule has 0 saturated heterocycles. The van der Waals surface area contributed by atoms with Crippen molar-refractivity contribution in [1.29, 1.82) is 0 Å². The third-order valence-corrected chi connectivity index (χ3v) is 5.27. The minimum Gasteiger partial charge on any atom is -0.388 e. The van der Waals surface area contributed by atoms with E-state index in [0.717, 1.165) is 24.9 Å². The van der Waals surface area contributed by atoms with E-state index in [-0.39, 0.29) is 6.10 Å². The molecule has 20 heavy (non-hydrogen) atoms. The van der Waals surface area contributed by atoms with Crippen LogP contribution in [0.2, 0.25) is 0 Å². The molecule has 0 saturated carbocycles. The van der Waals surface area contributed by atoms with Crippen LogP contribution in [0.25, 0.3) is 0 Å². The van der Waals surface area contributed by atoms with Crippen molar-refractivity contribution in [3.63, 3.8) is 0 Å². The standard InChI is InChI=1S/C17H21NOS/c1-3-16(19)14-6-4-5-7-15(14)18-10-8-17-13(12(18)2)9-11-20-17/h4-7,9,11-12,16,19H,3,8,10H2,1-2H3. The van der Waals surface area contributed by atoms with Crippen LogP contribution in [-0.2, 0) is 6.42 Å². The predicted molar refractivity (Wildman–Crippen MR) is 85.5 cm³/mol. The summed E-state index contributed by atoms with van der Waals surface area (Å²) in [5.74, 6) is 0. The van der Waals surface area contributed by atoms with Crippen LogP contribution in [0.1, 0.15) is 48.4 Å². The second kappa shape index (κ2) is 5.58. The van der Waals surface area contributed by atoms with Crippen LogP contribution >= 0.6 is 11.3 Å². The van der Waals surface area contributed by atoms with Crippen molar-refractivity contribution in [1.82, 2.24) is 0 Å². The van der Waals surface area contributed by atoms with Crippen LogP contribution in [0.4, 0.5) is 5.69 Å². The first-order valence-electron chi connectivity index (χ1n) is 7.32. The number of benzene rings is 1. The minimum absolute atomic E-state index is 0.373. The minimum atomic E-state index is -0.373. The molecule has 1 aromatic carbocycles. The number of hydrogen-bond donors (Lipinski definition) is 1. The van der Waals surface area contributed by atoms with Crippen LogP contribution in [0.3, 0.4) is 0 Å². The quantitative estimate of drug-likeness (QED) is 0.909. The lowest BCUT2D eigenvalue weighted by atomic mass is 9.97. The summed E-state index contributed by atoms with van der Waals surface area (Å²) < 4.78 is 0. The largest absolute Gasteiger partial charge is 0.388 e. The fraction of sp³-hybridized carbons (Fsp3) is 0.412. The van der Waals surface area contributed by atoms with E-state index in [1.807, 2.05) is 24.3 Å². The fourth-order valence-corrected chi connectivity index (χ4v) is 4.05. The van der Waals surface area contributed by atoms with E-state index >= 15 is 0 Å². The molecule has 1 aliphatic heterocycles. The lowest BCUT2D eigenvalue weighted by molar-refractivity contribution is 0.174. The number of rotatable bonds is 3. The van der Waals surface area contributed by atoms with Gasteiger partial charge in [0.2, 0.25) is 0 Å². The van der Waals surface area contributed by atoms with Crippen molar-refractivity contribution >= 4 is 17.0 Å². The van der Waals surface area contributed by atoms with Crippen molar-refractivity contribution < 1.29 is 5.11 Å². The van der Waals surface area contributed by atoms with Crippen molar-refractivity contribution in [3.8, 4) is 0 Å². The molecule has 2 heterocycles. The average molecular weight is 287 g/mol. The van der Waals surface area contributed by atoms with Gasteiger partial charge in [0.1, 0.15) is 0 Å². The second-order valence-corrected chi connectivity index (χ2v) is 6.40. The van der Waals surface area contributed by atoms with Gasteiger partial charge in [0.15, 0.2) is 0 Å². The van der Waals surface area contributed by atoms with E-state index in [0.29, 0.717) is 6.04 Å². The summed E-state index contributed by atoms with van der Waals surface area (Å²) in [7, 11) is 0. The van der Waals surface area contributed by atoms with Crippen molar-refractivity contribution in [2.45, 2.75) is 38.8 Å². The zero-order valence-electron chi connectivity index (χ0n) is 12.0.